The van der Waals surface area contributed by atoms with E-state index in [1.165, 1.54) is 31.4 Å². The molecule has 0 spiro atoms. The molecule has 0 aliphatic heterocycles. The molecule has 0 aliphatic rings. The molecule has 0 radical (unpaired) electrons. The predicted octanol–water partition coefficient (Wildman–Crippen LogP) is 5.05. The third-order valence-corrected chi connectivity index (χ3v) is 4.33. The van der Waals surface area contributed by atoms with E-state index in [1.807, 2.05) is 42.1 Å². The molecule has 3 heteroatoms. The summed E-state index contributed by atoms with van der Waals surface area (Å²) in [6, 6.07) is 14.3. The summed E-state index contributed by atoms with van der Waals surface area (Å²) in [6.45, 7) is 0.995. The van der Waals surface area contributed by atoms with E-state index in [0.29, 0.717) is 0 Å². The largest absolute Gasteiger partial charge is 0.385 e. The van der Waals surface area contributed by atoms with E-state index in [1.54, 1.807) is 0 Å². The molecule has 2 aromatic carbocycles. The van der Waals surface area contributed by atoms with Crippen LogP contribution in [0.25, 0.3) is 10.8 Å². The molecule has 0 aliphatic carbocycles. The Morgan fingerprint density at radius 1 is 1.00 bits per heavy atom. The van der Waals surface area contributed by atoms with E-state index in [-0.39, 0.29) is 0 Å². The summed E-state index contributed by atoms with van der Waals surface area (Å²) in [5.41, 5.74) is 1.88. The van der Waals surface area contributed by atoms with E-state index in [2.05, 4.69) is 23.7 Å². The third-order valence-electron chi connectivity index (χ3n) is 3.64. The Hall–Kier alpha value is -1.66. The number of nitrogens with zero attached hydrogens (tertiary/aromatic N) is 1. The Morgan fingerprint density at radius 2 is 1.76 bits per heavy atom. The van der Waals surface area contributed by atoms with E-state index in [4.69, 9.17) is 0 Å². The molecule has 0 saturated carbocycles. The van der Waals surface area contributed by atoms with Crippen molar-refractivity contribution in [1.29, 1.82) is 5.26 Å². The molecule has 0 amide bonds. The molecule has 2 nitrogen and oxygen atoms in total. The van der Waals surface area contributed by atoms with E-state index < -0.39 is 0 Å². The highest BCUT2D eigenvalue weighted by molar-refractivity contribution is 7.98. The van der Waals surface area contributed by atoms with Crippen LogP contribution in [0, 0.1) is 11.3 Å². The van der Waals surface area contributed by atoms with Crippen LogP contribution in [0.5, 0.6) is 0 Å². The fourth-order valence-electron chi connectivity index (χ4n) is 2.50. The maximum atomic E-state index is 9.17. The van der Waals surface area contributed by atoms with Gasteiger partial charge in [0.2, 0.25) is 0 Å². The lowest BCUT2D eigenvalue weighted by molar-refractivity contribution is 0.689. The molecule has 0 unspecified atom stereocenters. The number of fused-ring (bicyclic) bond motifs is 1. The van der Waals surface area contributed by atoms with Crippen LogP contribution in [0.15, 0.2) is 36.4 Å². The minimum atomic E-state index is 0.744. The predicted molar refractivity (Wildman–Crippen MR) is 94.0 cm³/mol. The van der Waals surface area contributed by atoms with E-state index in [9.17, 15) is 5.26 Å². The molecule has 0 aromatic heterocycles. The molecule has 2 aromatic rings. The SMILES string of the molecule is CSCCCCCCNc1ccc(C#N)c2ccccc12. The second kappa shape index (κ2) is 8.59. The van der Waals surface area contributed by atoms with Crippen molar-refractivity contribution in [3.05, 3.63) is 42.0 Å². The van der Waals surface area contributed by atoms with Gasteiger partial charge >= 0.3 is 0 Å². The van der Waals surface area contributed by atoms with Crippen molar-refractivity contribution in [2.24, 2.45) is 0 Å². The first-order chi connectivity index (χ1) is 10.4. The average molecular weight is 298 g/mol. The number of anilines is 1. The normalized spacial score (nSPS) is 10.5. The van der Waals surface area contributed by atoms with Crippen LogP contribution in [0.4, 0.5) is 5.69 Å². The number of unbranched alkanes of at least 4 members (excludes halogenated alkanes) is 3. The van der Waals surface area contributed by atoms with Gasteiger partial charge in [0.15, 0.2) is 0 Å². The zero-order chi connectivity index (χ0) is 14.9. The monoisotopic (exact) mass is 298 g/mol. The number of benzene rings is 2. The first-order valence-electron chi connectivity index (χ1n) is 7.51. The van der Waals surface area contributed by atoms with Gasteiger partial charge in [-0.1, -0.05) is 37.1 Å². The molecule has 0 fully saturated rings. The molecule has 1 N–H and O–H groups in total. The third kappa shape index (κ3) is 4.41. The highest BCUT2D eigenvalue weighted by Crippen LogP contribution is 2.26. The first kappa shape index (κ1) is 15.7. The van der Waals surface area contributed by atoms with Gasteiger partial charge in [-0.25, -0.2) is 0 Å². The zero-order valence-corrected chi connectivity index (χ0v) is 13.4. The summed E-state index contributed by atoms with van der Waals surface area (Å²) in [4.78, 5) is 0. The Bertz CT molecular complexity index is 616. The second-order valence-electron chi connectivity index (χ2n) is 5.15. The number of nitrogens with one attached hydrogen (secondary N) is 1. The number of hydrogen-bond donors (Lipinski definition) is 1. The van der Waals surface area contributed by atoms with Crippen LogP contribution in [0.3, 0.4) is 0 Å². The van der Waals surface area contributed by atoms with Gasteiger partial charge in [-0.05, 0) is 37.0 Å². The Labute approximate surface area is 131 Å². The smallest absolute Gasteiger partial charge is 0.0998 e. The van der Waals surface area contributed by atoms with Gasteiger partial charge in [-0.15, -0.1) is 0 Å². The minimum Gasteiger partial charge on any atom is -0.385 e. The van der Waals surface area contributed by atoms with Crippen LogP contribution >= 0.6 is 11.8 Å². The molecule has 110 valence electrons. The van der Waals surface area contributed by atoms with E-state index >= 15 is 0 Å². The lowest BCUT2D eigenvalue weighted by Gasteiger charge is -2.10. The van der Waals surface area contributed by atoms with Gasteiger partial charge in [0.1, 0.15) is 0 Å². The van der Waals surface area contributed by atoms with Gasteiger partial charge in [0, 0.05) is 23.0 Å². The van der Waals surface area contributed by atoms with Crippen LogP contribution in [0.2, 0.25) is 0 Å². The minimum absolute atomic E-state index is 0.744. The quantitative estimate of drug-likeness (QED) is 0.693. The highest BCUT2D eigenvalue weighted by atomic mass is 32.2. The van der Waals surface area contributed by atoms with Crippen LogP contribution in [-0.4, -0.2) is 18.6 Å². The summed E-state index contributed by atoms with van der Waals surface area (Å²) < 4.78 is 0. The first-order valence-corrected chi connectivity index (χ1v) is 8.91. The van der Waals surface area contributed by atoms with Crippen molar-refractivity contribution in [3.63, 3.8) is 0 Å². The number of rotatable bonds is 8. The molecular weight excluding hydrogens is 276 g/mol. The van der Waals surface area contributed by atoms with Gasteiger partial charge in [0.25, 0.3) is 0 Å². The Balaban J connectivity index is 1.92. The molecule has 21 heavy (non-hydrogen) atoms. The van der Waals surface area contributed by atoms with Crippen LogP contribution in [-0.2, 0) is 0 Å². The van der Waals surface area contributed by atoms with Crippen molar-refractivity contribution in [1.82, 2.24) is 0 Å². The average Bonchev–Trinajstić information content (AvgIpc) is 2.54. The summed E-state index contributed by atoms with van der Waals surface area (Å²) in [5, 5.41) is 14.9. The van der Waals surface area contributed by atoms with Gasteiger partial charge in [-0.3, -0.25) is 0 Å². The fraction of sp³-hybridized carbons (Fsp3) is 0.389. The summed E-state index contributed by atoms with van der Waals surface area (Å²) in [6.07, 6.45) is 7.28. The van der Waals surface area contributed by atoms with Crippen molar-refractivity contribution in [2.45, 2.75) is 25.7 Å². The molecule has 0 saturated heterocycles. The fourth-order valence-corrected chi connectivity index (χ4v) is 2.99. The van der Waals surface area contributed by atoms with Gasteiger partial charge in [0.05, 0.1) is 11.6 Å². The molecule has 0 bridgehead atoms. The maximum Gasteiger partial charge on any atom is 0.0998 e. The van der Waals surface area contributed by atoms with Gasteiger partial charge in [-0.2, -0.15) is 17.0 Å². The van der Waals surface area contributed by atoms with Crippen LogP contribution in [0.1, 0.15) is 31.2 Å². The highest BCUT2D eigenvalue weighted by Gasteiger charge is 2.04. The Morgan fingerprint density at radius 3 is 2.52 bits per heavy atom. The van der Waals surface area contributed by atoms with E-state index in [0.717, 1.165) is 28.6 Å². The topological polar surface area (TPSA) is 35.8 Å². The van der Waals surface area contributed by atoms with Crippen molar-refractivity contribution in [2.75, 3.05) is 23.9 Å². The van der Waals surface area contributed by atoms with Crippen molar-refractivity contribution in [3.8, 4) is 6.07 Å². The lowest BCUT2D eigenvalue weighted by atomic mass is 10.0. The van der Waals surface area contributed by atoms with Crippen molar-refractivity contribution >= 4 is 28.2 Å². The zero-order valence-electron chi connectivity index (χ0n) is 12.6. The number of thioether (sulfide) groups is 1. The molecular formula is C18H22N2S. The summed E-state index contributed by atoms with van der Waals surface area (Å²) >= 11 is 1.93. The molecule has 0 heterocycles. The molecule has 0 atom stereocenters. The maximum absolute atomic E-state index is 9.17. The van der Waals surface area contributed by atoms with Crippen LogP contribution < -0.4 is 5.32 Å². The number of hydrogen-bond acceptors (Lipinski definition) is 3. The second-order valence-corrected chi connectivity index (χ2v) is 6.14. The standard InChI is InChI=1S/C18H22N2S/c1-21-13-7-3-2-6-12-20-18-11-10-15(14-19)16-8-4-5-9-17(16)18/h4-5,8-11,20H,2-3,6-7,12-13H2,1H3. The number of nitriles is 1. The Kier molecular flexibility index (Phi) is 6.43. The lowest BCUT2D eigenvalue weighted by Crippen LogP contribution is -2.02. The van der Waals surface area contributed by atoms with Crippen molar-refractivity contribution < 1.29 is 0 Å². The molecule has 2 rings (SSSR count). The summed E-state index contributed by atoms with van der Waals surface area (Å²) in [7, 11) is 0. The van der Waals surface area contributed by atoms with Gasteiger partial charge < -0.3 is 5.32 Å². The summed E-state index contributed by atoms with van der Waals surface area (Å²) in [5.74, 6) is 1.27.